The molecule has 5 heterocycles. The summed E-state index contributed by atoms with van der Waals surface area (Å²) in [4.78, 5) is 29.0. The Kier molecular flexibility index (Phi) is 40.5. The molecule has 5 fully saturated rings. The molecule has 9 aromatic rings. The maximum absolute atomic E-state index is 11.2. The Morgan fingerprint density at radius 2 is 0.756 bits per heavy atom. The number of hydrogen-bond acceptors (Lipinski definition) is 11. The summed E-state index contributed by atoms with van der Waals surface area (Å²) in [7, 11) is 0. The second kappa shape index (κ2) is 50.7. The van der Waals surface area contributed by atoms with Crippen molar-refractivity contribution in [2.75, 3.05) is 111 Å². The molecule has 4 unspecified atom stereocenters. The van der Waals surface area contributed by atoms with Crippen LogP contribution in [0.1, 0.15) is 190 Å². The number of Topliss-reactive ketones (excluding diaryl/α,β-unsaturated/α-hetero) is 1. The summed E-state index contributed by atoms with van der Waals surface area (Å²) in [6.45, 7) is 48.6. The molecule has 0 amide bonds. The predicted octanol–water partition coefficient (Wildman–Crippen LogP) is 23.8. The Bertz CT molecular complexity index is 4340. The zero-order chi connectivity index (χ0) is 84.0. The van der Waals surface area contributed by atoms with Crippen LogP contribution in [-0.4, -0.2) is 135 Å². The highest BCUT2D eigenvalue weighted by molar-refractivity contribution is 5.81. The Morgan fingerprint density at radius 3 is 1.13 bits per heavy atom. The third-order valence-electron chi connectivity index (χ3n) is 23.0. The van der Waals surface area contributed by atoms with E-state index in [4.69, 9.17) is 5.73 Å². The van der Waals surface area contributed by atoms with Gasteiger partial charge in [0.05, 0.1) is 6.54 Å². The standard InChI is InChI=1S/C28H40N2.C24H32N2.C19H24N2.C17H26N2.C12H15NO.C7H9N.CH4/c1-22(2)17-19-30(26-15-9-23(3)10-16-26)27-8-7-18-29(21-27)20-24-11-13-25(14-12-24)28(4,5)6;1-20(2)15-17-26(23-13-11-21(3)12-14-23)24-10-7-16-25(19-24)18-22-8-5-4-6-9-22;1-16-9-11-18(12-10-16)20-19-8-5-13-21(15-19)14-17-6-3-2-4-7-17;1-14(2)10-12-19(17-5-4-11-18-13-17)16-8-6-15(3)7-9-16;14-12-7-4-8-13(10-12)9-11-5-2-1-3-6-11;1-6-2-4-7(8)5-3-6;/h9-17,27H,7-8,18-21H2,1-6H3;4-6,8-9,11-15,24H,7,10,16-19H2,1-3H3;2-4,6-7,9-12,19-20H,5,8,13-15H2,1H3;6-10,17-18H,4-5,11-13H2,1-3H3;1-3,5-6H,4,7-10H2;2-5H,8H2,1H3;1H4. The van der Waals surface area contributed by atoms with Crippen LogP contribution in [0.15, 0.2) is 272 Å². The van der Waals surface area contributed by atoms with E-state index in [0.29, 0.717) is 36.5 Å². The van der Waals surface area contributed by atoms with Crippen LogP contribution in [0.2, 0.25) is 0 Å². The lowest BCUT2D eigenvalue weighted by molar-refractivity contribution is -0.122. The SMILES string of the molecule is C.CC(C)=CCN(c1ccc(C)cc1)C1CCCN(Cc2ccc(C(C)(C)C)cc2)C1.CC(C)=CCN(c1ccc(C)cc1)C1CCCN(Cc2ccccc2)C1.CC(C)=CCN(c1ccc(C)cc1)C1CCCNC1.Cc1ccc(N)cc1.Cc1ccc(NC2CCCN(Cc3ccccc3)C2)cc1.O=C1CCCN(Cc2ccccc2)C1. The van der Waals surface area contributed by atoms with Crippen molar-refractivity contribution >= 4 is 34.2 Å². The molecule has 638 valence electrons. The second-order valence-corrected chi connectivity index (χ2v) is 35.6. The lowest BCUT2D eigenvalue weighted by Gasteiger charge is -2.40. The number of carbonyl (C=O) groups is 1. The number of benzene rings is 9. The van der Waals surface area contributed by atoms with Crippen molar-refractivity contribution in [3.05, 3.63) is 327 Å². The summed E-state index contributed by atoms with van der Waals surface area (Å²) >= 11 is 0. The number of piperidine rings is 5. The number of anilines is 5. The highest BCUT2D eigenvalue weighted by Crippen LogP contribution is 2.30. The fourth-order valence-electron chi connectivity index (χ4n) is 16.1. The quantitative estimate of drug-likeness (QED) is 0.0448. The molecule has 119 heavy (non-hydrogen) atoms. The van der Waals surface area contributed by atoms with E-state index in [-0.39, 0.29) is 12.8 Å². The number of aryl methyl sites for hydroxylation is 5. The molecule has 4 atom stereocenters. The number of carbonyl (C=O) groups excluding carboxylic acids is 1. The van der Waals surface area contributed by atoms with Crippen molar-refractivity contribution in [2.45, 2.75) is 224 Å². The molecule has 11 nitrogen and oxygen atoms in total. The molecule has 5 aliphatic heterocycles. The maximum atomic E-state index is 11.2. The van der Waals surface area contributed by atoms with Crippen LogP contribution < -0.4 is 31.1 Å². The van der Waals surface area contributed by atoms with E-state index in [1.54, 1.807) is 0 Å². The summed E-state index contributed by atoms with van der Waals surface area (Å²) in [5, 5.41) is 7.20. The topological polar surface area (TPSA) is 89.8 Å². The first-order valence-corrected chi connectivity index (χ1v) is 44.3. The van der Waals surface area contributed by atoms with Crippen LogP contribution >= 0.6 is 0 Å². The average molecular weight is 1600 g/mol. The lowest BCUT2D eigenvalue weighted by atomic mass is 9.86. The zero-order valence-electron chi connectivity index (χ0n) is 74.8. The molecule has 0 radical (unpaired) electrons. The number of nitrogen functional groups attached to an aromatic ring is 1. The maximum Gasteiger partial charge on any atom is 0.146 e. The minimum absolute atomic E-state index is 0. The number of likely N-dealkylation sites (tertiary alicyclic amines) is 4. The molecule has 0 bridgehead atoms. The van der Waals surface area contributed by atoms with E-state index in [2.05, 4.69) is 347 Å². The summed E-state index contributed by atoms with van der Waals surface area (Å²) in [5.74, 6) is 0.382. The van der Waals surface area contributed by atoms with Crippen LogP contribution in [-0.2, 0) is 36.4 Å². The molecule has 0 aromatic heterocycles. The van der Waals surface area contributed by atoms with Gasteiger partial charge in [0.1, 0.15) is 5.78 Å². The van der Waals surface area contributed by atoms with Gasteiger partial charge in [0.2, 0.25) is 0 Å². The van der Waals surface area contributed by atoms with E-state index in [9.17, 15) is 4.79 Å². The first kappa shape index (κ1) is 95.1. The van der Waals surface area contributed by atoms with E-state index in [1.165, 1.54) is 173 Å². The van der Waals surface area contributed by atoms with Crippen molar-refractivity contribution in [1.29, 1.82) is 0 Å². The summed E-state index contributed by atoms with van der Waals surface area (Å²) in [6, 6.07) is 87.1. The molecule has 14 rings (SSSR count). The van der Waals surface area contributed by atoms with Gasteiger partial charge in [-0.05, 0) is 261 Å². The van der Waals surface area contributed by atoms with Gasteiger partial charge < -0.3 is 31.1 Å². The lowest BCUT2D eigenvalue weighted by Crippen LogP contribution is -2.48. The number of nitrogens with one attached hydrogen (secondary N) is 2. The predicted molar refractivity (Wildman–Crippen MR) is 516 cm³/mol. The van der Waals surface area contributed by atoms with E-state index in [0.717, 1.165) is 97.1 Å². The fraction of sp³-hybridized carbons (Fsp3) is 0.435. The van der Waals surface area contributed by atoms with Crippen LogP contribution in [0.25, 0.3) is 0 Å². The average Bonchev–Trinajstić information content (AvgIpc) is 0.839. The van der Waals surface area contributed by atoms with E-state index < -0.39 is 0 Å². The minimum Gasteiger partial charge on any atom is -0.399 e. The van der Waals surface area contributed by atoms with E-state index in [1.807, 2.05) is 49.4 Å². The van der Waals surface area contributed by atoms with Gasteiger partial charge in [-0.15, -0.1) is 0 Å². The van der Waals surface area contributed by atoms with Gasteiger partial charge in [0, 0.05) is 131 Å². The molecule has 0 saturated carbocycles. The monoisotopic (exact) mass is 1600 g/mol. The molecular formula is C108H150N10O. The Balaban J connectivity index is 0.000000183. The molecule has 9 aromatic carbocycles. The van der Waals surface area contributed by atoms with Crippen molar-refractivity contribution in [2.24, 2.45) is 0 Å². The van der Waals surface area contributed by atoms with Gasteiger partial charge >= 0.3 is 0 Å². The van der Waals surface area contributed by atoms with Gasteiger partial charge in [-0.1, -0.05) is 267 Å². The molecule has 5 saturated heterocycles. The van der Waals surface area contributed by atoms with Crippen LogP contribution in [0.3, 0.4) is 0 Å². The smallest absolute Gasteiger partial charge is 0.146 e. The van der Waals surface area contributed by atoms with Gasteiger partial charge in [-0.2, -0.15) is 0 Å². The third-order valence-corrected chi connectivity index (χ3v) is 23.0. The van der Waals surface area contributed by atoms with Crippen LogP contribution in [0.5, 0.6) is 0 Å². The van der Waals surface area contributed by atoms with Gasteiger partial charge in [0.15, 0.2) is 0 Å². The first-order valence-electron chi connectivity index (χ1n) is 44.3. The summed E-state index contributed by atoms with van der Waals surface area (Å²) in [5.41, 5.74) is 29.4. The van der Waals surface area contributed by atoms with Crippen molar-refractivity contribution in [3.8, 4) is 0 Å². The first-order chi connectivity index (χ1) is 56.9. The molecule has 4 N–H and O–H groups in total. The molecule has 0 aliphatic carbocycles. The van der Waals surface area contributed by atoms with Gasteiger partial charge in [-0.3, -0.25) is 24.4 Å². The Hall–Kier alpha value is -9.33. The largest absolute Gasteiger partial charge is 0.399 e. The molecule has 5 aliphatic rings. The van der Waals surface area contributed by atoms with Crippen molar-refractivity contribution < 1.29 is 4.79 Å². The van der Waals surface area contributed by atoms with Gasteiger partial charge in [0.25, 0.3) is 0 Å². The van der Waals surface area contributed by atoms with Gasteiger partial charge in [-0.25, -0.2) is 0 Å². The number of hydrogen-bond donors (Lipinski definition) is 3. The normalized spacial score (nSPS) is 17.5. The zero-order valence-corrected chi connectivity index (χ0v) is 74.8. The van der Waals surface area contributed by atoms with Crippen LogP contribution in [0, 0.1) is 34.6 Å². The molecule has 11 heteroatoms. The number of nitrogens with two attached hydrogens (primary N) is 1. The highest BCUT2D eigenvalue weighted by atomic mass is 16.1. The van der Waals surface area contributed by atoms with E-state index >= 15 is 0 Å². The number of nitrogens with zero attached hydrogens (tertiary/aromatic N) is 7. The van der Waals surface area contributed by atoms with Crippen molar-refractivity contribution in [1.82, 2.24) is 24.9 Å². The summed E-state index contributed by atoms with van der Waals surface area (Å²) < 4.78 is 0. The third kappa shape index (κ3) is 35.1. The fourth-order valence-corrected chi connectivity index (χ4v) is 16.1. The number of ketones is 1. The Morgan fingerprint density at radius 1 is 0.412 bits per heavy atom. The number of rotatable bonds is 22. The van der Waals surface area contributed by atoms with Crippen LogP contribution in [0.4, 0.5) is 28.4 Å². The van der Waals surface area contributed by atoms with Crippen molar-refractivity contribution in [3.63, 3.8) is 0 Å². The minimum atomic E-state index is 0. The number of allylic oxidation sites excluding steroid dienone is 3. The Labute approximate surface area is 721 Å². The second-order valence-electron chi connectivity index (χ2n) is 35.6. The highest BCUT2D eigenvalue weighted by Gasteiger charge is 2.29. The molecular weight excluding hydrogens is 1450 g/mol. The molecule has 0 spiro atoms. The summed E-state index contributed by atoms with van der Waals surface area (Å²) in [6.07, 6.45) is 19.0.